The summed E-state index contributed by atoms with van der Waals surface area (Å²) in [6.45, 7) is 2.60. The highest BCUT2D eigenvalue weighted by Crippen LogP contribution is 2.32. The van der Waals surface area contributed by atoms with Gasteiger partial charge in [-0.1, -0.05) is 6.07 Å². The van der Waals surface area contributed by atoms with Gasteiger partial charge in [-0.2, -0.15) is 0 Å². The fraction of sp³-hybridized carbons (Fsp3) is 0.500. The molecule has 0 saturated carbocycles. The third-order valence-corrected chi connectivity index (χ3v) is 6.23. The van der Waals surface area contributed by atoms with E-state index in [4.69, 9.17) is 4.98 Å². The quantitative estimate of drug-likeness (QED) is 0.892. The molecule has 0 unspecified atom stereocenters. The number of benzene rings is 1. The summed E-state index contributed by atoms with van der Waals surface area (Å²) in [6.07, 6.45) is 9.60. The number of amides is 1. The monoisotopic (exact) mass is 362 g/mol. The van der Waals surface area contributed by atoms with Crippen LogP contribution in [0.3, 0.4) is 0 Å². The Bertz CT molecular complexity index is 879. The van der Waals surface area contributed by atoms with Crippen LogP contribution in [0.2, 0.25) is 0 Å². The van der Waals surface area contributed by atoms with E-state index in [9.17, 15) is 4.79 Å². The van der Waals surface area contributed by atoms with Gasteiger partial charge in [0.1, 0.15) is 0 Å². The van der Waals surface area contributed by atoms with E-state index in [1.807, 2.05) is 17.2 Å². The summed E-state index contributed by atoms with van der Waals surface area (Å²) in [5.74, 6) is 0.952. The third-order valence-electron chi connectivity index (χ3n) is 6.23. The summed E-state index contributed by atoms with van der Waals surface area (Å²) in [4.78, 5) is 24.7. The van der Waals surface area contributed by atoms with Crippen molar-refractivity contribution in [2.75, 3.05) is 13.1 Å². The van der Waals surface area contributed by atoms with Crippen molar-refractivity contribution in [2.24, 2.45) is 0 Å². The Balaban J connectivity index is 1.41. The molecular formula is C22H26N4O. The molecule has 27 heavy (non-hydrogen) atoms. The molecule has 0 radical (unpaired) electrons. The van der Waals surface area contributed by atoms with Gasteiger partial charge in [0, 0.05) is 49.1 Å². The van der Waals surface area contributed by atoms with Crippen molar-refractivity contribution in [2.45, 2.75) is 57.5 Å². The number of carbonyl (C=O) groups is 1. The minimum atomic E-state index is 0.00807. The minimum absolute atomic E-state index is 0.00807. The number of aromatic nitrogens is 2. The standard InChI is InChI=1S/C22H26N4O/c27-22(17-8-7-15-4-1-2-5-16(15)12-17)26-11-3-6-20(26)21-24-14-18-13-23-10-9-19(18)25-21/h7-8,12,14,20,23H,1-6,9-11,13H2/t20-/m0/s1. The summed E-state index contributed by atoms with van der Waals surface area (Å²) >= 11 is 0. The third kappa shape index (κ3) is 3.14. The van der Waals surface area contributed by atoms with Gasteiger partial charge in [-0.15, -0.1) is 0 Å². The normalized spacial score (nSPS) is 21.6. The van der Waals surface area contributed by atoms with Gasteiger partial charge in [-0.3, -0.25) is 4.79 Å². The zero-order valence-corrected chi connectivity index (χ0v) is 15.7. The molecule has 140 valence electrons. The van der Waals surface area contributed by atoms with Crippen molar-refractivity contribution in [3.63, 3.8) is 0 Å². The molecule has 1 aromatic carbocycles. The minimum Gasteiger partial charge on any atom is -0.328 e. The lowest BCUT2D eigenvalue weighted by Crippen LogP contribution is -2.32. The van der Waals surface area contributed by atoms with Crippen LogP contribution in [0.5, 0.6) is 0 Å². The lowest BCUT2D eigenvalue weighted by Gasteiger charge is -2.26. The second-order valence-corrected chi connectivity index (χ2v) is 7.97. The summed E-state index contributed by atoms with van der Waals surface area (Å²) in [5, 5.41) is 3.36. The van der Waals surface area contributed by atoms with Crippen molar-refractivity contribution in [1.82, 2.24) is 20.2 Å². The first-order chi connectivity index (χ1) is 13.3. The fourth-order valence-electron chi connectivity index (χ4n) is 4.72. The largest absolute Gasteiger partial charge is 0.328 e. The van der Waals surface area contributed by atoms with E-state index in [2.05, 4.69) is 22.4 Å². The van der Waals surface area contributed by atoms with E-state index in [-0.39, 0.29) is 11.9 Å². The lowest BCUT2D eigenvalue weighted by atomic mass is 9.90. The average molecular weight is 362 g/mol. The number of carbonyl (C=O) groups excluding carboxylic acids is 1. The van der Waals surface area contributed by atoms with Gasteiger partial charge in [-0.05, 0) is 61.8 Å². The molecule has 1 atom stereocenters. The molecule has 3 aliphatic rings. The Kier molecular flexibility index (Phi) is 4.40. The summed E-state index contributed by atoms with van der Waals surface area (Å²) in [6, 6.07) is 6.32. The predicted octanol–water partition coefficient (Wildman–Crippen LogP) is 2.98. The highest BCUT2D eigenvalue weighted by Gasteiger charge is 2.33. The first-order valence-corrected chi connectivity index (χ1v) is 10.3. The van der Waals surface area contributed by atoms with Gasteiger partial charge < -0.3 is 10.2 Å². The number of nitrogens with zero attached hydrogens (tertiary/aromatic N) is 3. The molecule has 5 heteroatoms. The Hall–Kier alpha value is -2.27. The van der Waals surface area contributed by atoms with Crippen molar-refractivity contribution < 1.29 is 4.79 Å². The first kappa shape index (κ1) is 16.9. The highest BCUT2D eigenvalue weighted by molar-refractivity contribution is 5.95. The van der Waals surface area contributed by atoms with E-state index in [0.29, 0.717) is 0 Å². The van der Waals surface area contributed by atoms with Crippen LogP contribution in [0.1, 0.15) is 70.3 Å². The van der Waals surface area contributed by atoms with E-state index in [1.54, 1.807) is 0 Å². The van der Waals surface area contributed by atoms with E-state index >= 15 is 0 Å². The lowest BCUT2D eigenvalue weighted by molar-refractivity contribution is 0.0729. The molecule has 2 aliphatic heterocycles. The van der Waals surface area contributed by atoms with Crippen LogP contribution in [-0.2, 0) is 25.8 Å². The van der Waals surface area contributed by atoms with Crippen molar-refractivity contribution in [3.8, 4) is 0 Å². The van der Waals surface area contributed by atoms with Crippen molar-refractivity contribution in [1.29, 1.82) is 0 Å². The number of rotatable bonds is 2. The van der Waals surface area contributed by atoms with E-state index in [1.165, 1.54) is 29.5 Å². The van der Waals surface area contributed by atoms with Gasteiger partial charge in [0.05, 0.1) is 6.04 Å². The Morgan fingerprint density at radius 2 is 1.96 bits per heavy atom. The summed E-state index contributed by atoms with van der Waals surface area (Å²) in [5.41, 5.74) is 5.94. The van der Waals surface area contributed by atoms with Crippen LogP contribution in [0.4, 0.5) is 0 Å². The molecule has 1 amide bonds. The summed E-state index contributed by atoms with van der Waals surface area (Å²) in [7, 11) is 0. The maximum absolute atomic E-state index is 13.3. The zero-order valence-electron chi connectivity index (χ0n) is 15.7. The predicted molar refractivity (Wildman–Crippen MR) is 104 cm³/mol. The van der Waals surface area contributed by atoms with Crippen LogP contribution in [0, 0.1) is 0 Å². The summed E-state index contributed by atoms with van der Waals surface area (Å²) < 4.78 is 0. The van der Waals surface area contributed by atoms with Crippen LogP contribution >= 0.6 is 0 Å². The van der Waals surface area contributed by atoms with Gasteiger partial charge >= 0.3 is 0 Å². The van der Waals surface area contributed by atoms with Crippen LogP contribution < -0.4 is 5.32 Å². The Labute approximate surface area is 160 Å². The number of hydrogen-bond donors (Lipinski definition) is 1. The molecule has 1 saturated heterocycles. The van der Waals surface area contributed by atoms with Crippen molar-refractivity contribution in [3.05, 3.63) is 58.2 Å². The molecule has 1 N–H and O–H groups in total. The molecule has 3 heterocycles. The number of fused-ring (bicyclic) bond motifs is 2. The SMILES string of the molecule is O=C(c1ccc2c(c1)CCCC2)N1CCC[C@H]1c1ncc2c(n1)CCNC2. The first-order valence-electron chi connectivity index (χ1n) is 10.3. The van der Waals surface area contributed by atoms with Crippen LogP contribution in [-0.4, -0.2) is 33.9 Å². The average Bonchev–Trinajstić information content (AvgIpc) is 3.22. The fourth-order valence-corrected chi connectivity index (χ4v) is 4.72. The maximum atomic E-state index is 13.3. The number of hydrogen-bond acceptors (Lipinski definition) is 4. The highest BCUT2D eigenvalue weighted by atomic mass is 16.2. The van der Waals surface area contributed by atoms with Gasteiger partial charge in [0.15, 0.2) is 5.82 Å². The molecule has 2 aromatic rings. The Morgan fingerprint density at radius 3 is 2.89 bits per heavy atom. The molecular weight excluding hydrogens is 336 g/mol. The molecule has 1 fully saturated rings. The van der Waals surface area contributed by atoms with Gasteiger partial charge in [-0.25, -0.2) is 9.97 Å². The maximum Gasteiger partial charge on any atom is 0.254 e. The van der Waals surface area contributed by atoms with E-state index in [0.717, 1.165) is 68.8 Å². The van der Waals surface area contributed by atoms with Crippen LogP contribution in [0.25, 0.3) is 0 Å². The molecule has 5 nitrogen and oxygen atoms in total. The molecule has 1 aromatic heterocycles. The number of nitrogens with one attached hydrogen (secondary N) is 1. The van der Waals surface area contributed by atoms with Crippen molar-refractivity contribution >= 4 is 5.91 Å². The topological polar surface area (TPSA) is 58.1 Å². The molecule has 5 rings (SSSR count). The molecule has 0 spiro atoms. The zero-order chi connectivity index (χ0) is 18.2. The van der Waals surface area contributed by atoms with Gasteiger partial charge in [0.25, 0.3) is 5.91 Å². The molecule has 0 bridgehead atoms. The smallest absolute Gasteiger partial charge is 0.254 e. The second-order valence-electron chi connectivity index (χ2n) is 7.97. The van der Waals surface area contributed by atoms with Gasteiger partial charge in [0.2, 0.25) is 0 Å². The number of aryl methyl sites for hydroxylation is 2. The second kappa shape index (κ2) is 7.04. The van der Waals surface area contributed by atoms with E-state index < -0.39 is 0 Å². The Morgan fingerprint density at radius 1 is 1.07 bits per heavy atom. The molecule has 1 aliphatic carbocycles. The van der Waals surface area contributed by atoms with Crippen LogP contribution in [0.15, 0.2) is 24.4 Å². The number of likely N-dealkylation sites (tertiary alicyclic amines) is 1.